The molecule has 0 heterocycles. The van der Waals surface area contributed by atoms with Gasteiger partial charge in [0.2, 0.25) is 0 Å². The highest BCUT2D eigenvalue weighted by Crippen LogP contribution is 2.13. The molecule has 0 radical (unpaired) electrons. The highest BCUT2D eigenvalue weighted by molar-refractivity contribution is 5.68. The highest BCUT2D eigenvalue weighted by atomic mass is 16.6. The van der Waals surface area contributed by atoms with E-state index < -0.39 is 5.60 Å². The maximum absolute atomic E-state index is 11.5. The summed E-state index contributed by atoms with van der Waals surface area (Å²) in [5.74, 6) is 0. The lowest BCUT2D eigenvalue weighted by Gasteiger charge is -2.22. The van der Waals surface area contributed by atoms with Crippen molar-refractivity contribution in [3.05, 3.63) is 71.8 Å². The molecule has 1 atom stereocenters. The van der Waals surface area contributed by atoms with Crippen LogP contribution in [0.4, 0.5) is 4.79 Å². The maximum atomic E-state index is 11.5. The molecule has 2 aromatic rings. The van der Waals surface area contributed by atoms with Gasteiger partial charge in [0.05, 0.1) is 6.04 Å². The monoisotopic (exact) mass is 357 g/mol. The fraction of sp³-hybridized carbons (Fsp3) is 0.333. The SMILES string of the molecule is CC(NC(=O)OC(C)(C)C)c1ccccc1.O=COCc1ccccc1. The number of benzene rings is 2. The van der Waals surface area contributed by atoms with Crippen molar-refractivity contribution >= 4 is 12.6 Å². The molecule has 0 aliphatic heterocycles. The second-order valence-corrected chi connectivity index (χ2v) is 6.67. The molecule has 0 saturated heterocycles. The first kappa shape index (κ1) is 21.2. The topological polar surface area (TPSA) is 64.6 Å². The summed E-state index contributed by atoms with van der Waals surface area (Å²) in [6.07, 6.45) is -0.385. The molecule has 0 fully saturated rings. The van der Waals surface area contributed by atoms with Crippen LogP contribution < -0.4 is 5.32 Å². The number of carbonyl (C=O) groups excluding carboxylic acids is 2. The van der Waals surface area contributed by atoms with E-state index in [1.807, 2.05) is 88.4 Å². The van der Waals surface area contributed by atoms with Gasteiger partial charge in [0.25, 0.3) is 6.47 Å². The molecule has 5 nitrogen and oxygen atoms in total. The molecule has 0 saturated carbocycles. The van der Waals surface area contributed by atoms with Crippen molar-refractivity contribution < 1.29 is 19.1 Å². The first-order chi connectivity index (χ1) is 12.3. The van der Waals surface area contributed by atoms with Crippen LogP contribution >= 0.6 is 0 Å². The van der Waals surface area contributed by atoms with Crippen molar-refractivity contribution in [1.29, 1.82) is 0 Å². The summed E-state index contributed by atoms with van der Waals surface area (Å²) in [5, 5.41) is 2.79. The third-order valence-corrected chi connectivity index (χ3v) is 3.19. The number of hydrogen-bond acceptors (Lipinski definition) is 4. The zero-order valence-electron chi connectivity index (χ0n) is 15.8. The fourth-order valence-electron chi connectivity index (χ4n) is 2.01. The van der Waals surface area contributed by atoms with Crippen LogP contribution in [0.15, 0.2) is 60.7 Å². The third-order valence-electron chi connectivity index (χ3n) is 3.19. The van der Waals surface area contributed by atoms with Gasteiger partial charge in [0.1, 0.15) is 12.2 Å². The van der Waals surface area contributed by atoms with E-state index in [9.17, 15) is 9.59 Å². The standard InChI is InChI=1S/C13H19NO2.C8H8O2/c1-10(11-8-6-5-7-9-11)14-12(15)16-13(2,3)4;9-7-10-6-8-4-2-1-3-5-8/h5-10H,1-4H3,(H,14,15);1-5,7H,6H2. The van der Waals surface area contributed by atoms with E-state index in [0.29, 0.717) is 13.1 Å². The molecule has 0 aliphatic rings. The van der Waals surface area contributed by atoms with Crippen LogP contribution in [0.2, 0.25) is 0 Å². The lowest BCUT2D eigenvalue weighted by Crippen LogP contribution is -2.33. The lowest BCUT2D eigenvalue weighted by molar-refractivity contribution is -0.129. The summed E-state index contributed by atoms with van der Waals surface area (Å²) >= 11 is 0. The van der Waals surface area contributed by atoms with Crippen molar-refractivity contribution in [3.8, 4) is 0 Å². The smallest absolute Gasteiger partial charge is 0.408 e. The fourth-order valence-corrected chi connectivity index (χ4v) is 2.01. The molecule has 0 bridgehead atoms. The molecule has 0 aromatic heterocycles. The normalized spacial score (nSPS) is 11.4. The number of ether oxygens (including phenoxy) is 2. The Hall–Kier alpha value is -2.82. The van der Waals surface area contributed by atoms with Crippen LogP contribution in [0, 0.1) is 0 Å². The summed E-state index contributed by atoms with van der Waals surface area (Å²) in [7, 11) is 0. The van der Waals surface area contributed by atoms with Crippen molar-refractivity contribution in [1.82, 2.24) is 5.32 Å². The van der Waals surface area contributed by atoms with E-state index in [1.165, 1.54) is 0 Å². The van der Waals surface area contributed by atoms with Gasteiger partial charge in [0.15, 0.2) is 0 Å². The van der Waals surface area contributed by atoms with Gasteiger partial charge in [-0.2, -0.15) is 0 Å². The van der Waals surface area contributed by atoms with E-state index in [1.54, 1.807) is 0 Å². The Labute approximate surface area is 155 Å². The second kappa shape index (κ2) is 10.9. The summed E-state index contributed by atoms with van der Waals surface area (Å²) in [6, 6.07) is 19.3. The van der Waals surface area contributed by atoms with Crippen molar-refractivity contribution in [2.75, 3.05) is 0 Å². The number of alkyl carbamates (subject to hydrolysis) is 1. The Morgan fingerprint density at radius 1 is 1.04 bits per heavy atom. The molecular weight excluding hydrogens is 330 g/mol. The number of amides is 1. The quantitative estimate of drug-likeness (QED) is 0.792. The first-order valence-corrected chi connectivity index (χ1v) is 8.45. The molecule has 26 heavy (non-hydrogen) atoms. The molecule has 1 unspecified atom stereocenters. The van der Waals surface area contributed by atoms with Gasteiger partial charge in [-0.1, -0.05) is 60.7 Å². The minimum absolute atomic E-state index is 0.0453. The van der Waals surface area contributed by atoms with Crippen LogP contribution in [-0.2, 0) is 20.9 Å². The zero-order chi connectivity index (χ0) is 19.4. The molecular formula is C21H27NO4. The lowest BCUT2D eigenvalue weighted by atomic mass is 10.1. The number of hydrogen-bond donors (Lipinski definition) is 1. The van der Waals surface area contributed by atoms with E-state index in [-0.39, 0.29) is 12.1 Å². The molecule has 2 aromatic carbocycles. The van der Waals surface area contributed by atoms with Crippen molar-refractivity contribution in [2.24, 2.45) is 0 Å². The van der Waals surface area contributed by atoms with Crippen LogP contribution in [-0.4, -0.2) is 18.2 Å². The first-order valence-electron chi connectivity index (χ1n) is 8.45. The van der Waals surface area contributed by atoms with Crippen molar-refractivity contribution in [3.63, 3.8) is 0 Å². The van der Waals surface area contributed by atoms with Gasteiger partial charge in [0, 0.05) is 0 Å². The average molecular weight is 357 g/mol. The van der Waals surface area contributed by atoms with Crippen LogP contribution in [0.1, 0.15) is 44.9 Å². The Bertz CT molecular complexity index is 651. The predicted molar refractivity (Wildman–Crippen MR) is 102 cm³/mol. The van der Waals surface area contributed by atoms with Crippen LogP contribution in [0.3, 0.4) is 0 Å². The Kier molecular flexibility index (Phi) is 8.92. The van der Waals surface area contributed by atoms with Gasteiger partial charge in [-0.25, -0.2) is 4.79 Å². The predicted octanol–water partition coefficient (Wildman–Crippen LogP) is 4.63. The summed E-state index contributed by atoms with van der Waals surface area (Å²) in [5.41, 5.74) is 1.61. The van der Waals surface area contributed by atoms with Gasteiger partial charge in [-0.3, -0.25) is 4.79 Å². The third kappa shape index (κ3) is 9.47. The Morgan fingerprint density at radius 3 is 2.08 bits per heavy atom. The summed E-state index contributed by atoms with van der Waals surface area (Å²) in [4.78, 5) is 21.3. The maximum Gasteiger partial charge on any atom is 0.408 e. The average Bonchev–Trinajstić information content (AvgIpc) is 2.60. The van der Waals surface area contributed by atoms with Gasteiger partial charge in [-0.05, 0) is 38.8 Å². The van der Waals surface area contributed by atoms with E-state index >= 15 is 0 Å². The van der Waals surface area contributed by atoms with Gasteiger partial charge >= 0.3 is 6.09 Å². The van der Waals surface area contributed by atoms with E-state index in [4.69, 9.17) is 4.74 Å². The molecule has 1 N–H and O–H groups in total. The van der Waals surface area contributed by atoms with Gasteiger partial charge < -0.3 is 14.8 Å². The second-order valence-electron chi connectivity index (χ2n) is 6.67. The highest BCUT2D eigenvalue weighted by Gasteiger charge is 2.17. The number of rotatable bonds is 5. The van der Waals surface area contributed by atoms with E-state index in [0.717, 1.165) is 11.1 Å². The molecule has 0 aliphatic carbocycles. The Balaban J connectivity index is 0.000000289. The van der Waals surface area contributed by atoms with Crippen LogP contribution in [0.25, 0.3) is 0 Å². The molecule has 140 valence electrons. The largest absolute Gasteiger partial charge is 0.463 e. The van der Waals surface area contributed by atoms with E-state index in [2.05, 4.69) is 10.1 Å². The van der Waals surface area contributed by atoms with Crippen LogP contribution in [0.5, 0.6) is 0 Å². The zero-order valence-corrected chi connectivity index (χ0v) is 15.8. The Morgan fingerprint density at radius 2 is 1.58 bits per heavy atom. The minimum atomic E-state index is -0.458. The molecule has 2 rings (SSSR count). The molecule has 0 spiro atoms. The number of nitrogens with one attached hydrogen (secondary N) is 1. The summed E-state index contributed by atoms with van der Waals surface area (Å²) in [6.45, 7) is 8.29. The number of carbonyl (C=O) groups is 2. The molecule has 5 heteroatoms. The summed E-state index contributed by atoms with van der Waals surface area (Å²) < 4.78 is 9.72. The van der Waals surface area contributed by atoms with Crippen molar-refractivity contribution in [2.45, 2.75) is 45.9 Å². The molecule has 1 amide bonds. The minimum Gasteiger partial charge on any atom is -0.463 e. The van der Waals surface area contributed by atoms with Gasteiger partial charge in [-0.15, -0.1) is 0 Å².